The fourth-order valence-electron chi connectivity index (χ4n) is 15.5. The van der Waals surface area contributed by atoms with Gasteiger partial charge in [0.1, 0.15) is 85.4 Å². The maximum absolute atomic E-state index is 15.3. The number of primary amides is 1. The molecule has 2 aliphatic heterocycles. The smallest absolute Gasteiger partial charge is 0.317 e. The molecule has 0 bridgehead atoms. The Bertz CT molecular complexity index is 4640. The number of hydrogen-bond acceptors (Lipinski definition) is 26. The van der Waals surface area contributed by atoms with Crippen LogP contribution in [0.3, 0.4) is 0 Å². The van der Waals surface area contributed by atoms with Crippen molar-refractivity contribution in [3.63, 3.8) is 0 Å². The van der Waals surface area contributed by atoms with Gasteiger partial charge in [-0.1, -0.05) is 48.5 Å². The maximum atomic E-state index is 15.3. The number of benzene rings is 2. The lowest BCUT2D eigenvalue weighted by Crippen LogP contribution is -2.61. The average Bonchev–Trinajstić information content (AvgIpc) is 1.64. The van der Waals surface area contributed by atoms with E-state index < -0.39 is 217 Å². The average molecular weight is 1910 g/mol. The van der Waals surface area contributed by atoms with Crippen molar-refractivity contribution in [1.29, 1.82) is 10.8 Å². The largest absolute Gasteiger partial charge is 0.481 e. The minimum absolute atomic E-state index is 0.0000869. The van der Waals surface area contributed by atoms with E-state index >= 15 is 24.0 Å². The maximum Gasteiger partial charge on any atom is 0.317 e. The first-order valence-corrected chi connectivity index (χ1v) is 45.3. The van der Waals surface area contributed by atoms with E-state index in [1.807, 2.05) is 0 Å². The van der Waals surface area contributed by atoms with Crippen molar-refractivity contribution in [2.45, 2.75) is 221 Å². The van der Waals surface area contributed by atoms with Crippen LogP contribution in [0.25, 0.3) is 10.9 Å². The monoisotopic (exact) mass is 1910 g/mol. The van der Waals surface area contributed by atoms with Gasteiger partial charge in [0.25, 0.3) is 0 Å². The van der Waals surface area contributed by atoms with E-state index in [4.69, 9.17) is 43.2 Å². The van der Waals surface area contributed by atoms with Crippen molar-refractivity contribution >= 4 is 130 Å². The number of unbranched alkanes of at least 4 members (excludes halogenated alkanes) is 2. The second kappa shape index (κ2) is 59.7. The van der Waals surface area contributed by atoms with Crippen LogP contribution in [0, 0.1) is 10.8 Å². The minimum Gasteiger partial charge on any atom is -0.481 e. The Morgan fingerprint density at radius 2 is 1.01 bits per heavy atom. The summed E-state index contributed by atoms with van der Waals surface area (Å²) in [5.74, 6) is -17.2. The number of imidazole rings is 1. The molecule has 4 aromatic rings. The highest BCUT2D eigenvalue weighted by atomic mass is 16.5. The molecule has 0 radical (unpaired) electrons. The molecule has 2 aromatic carbocycles. The quantitative estimate of drug-likeness (QED) is 0.00847. The number of carboxylic acid groups (broad SMARTS) is 3. The third kappa shape index (κ3) is 39.8. The number of H-pyrrole nitrogens is 2. The molecular formula is C87H132N26O23. The van der Waals surface area contributed by atoms with Crippen LogP contribution in [0.1, 0.15) is 146 Å². The lowest BCUT2D eigenvalue weighted by molar-refractivity contribution is -0.148. The van der Waals surface area contributed by atoms with Crippen LogP contribution in [-0.2, 0) is 115 Å². The molecule has 12 atom stereocenters. The van der Waals surface area contributed by atoms with E-state index in [0.29, 0.717) is 60.1 Å². The van der Waals surface area contributed by atoms with Crippen LogP contribution in [0.4, 0.5) is 0 Å². The van der Waals surface area contributed by atoms with Crippen LogP contribution < -0.4 is 97.4 Å². The fraction of sp³-hybridized carbons (Fsp3) is 0.575. The minimum atomic E-state index is -1.81. The molecule has 49 nitrogen and oxygen atoms in total. The highest BCUT2D eigenvalue weighted by molar-refractivity contribution is 6.01. The summed E-state index contributed by atoms with van der Waals surface area (Å²) in [7, 11) is 1.72. The van der Waals surface area contributed by atoms with Gasteiger partial charge in [0, 0.05) is 102 Å². The second-order valence-electron chi connectivity index (χ2n) is 32.9. The van der Waals surface area contributed by atoms with E-state index in [0.717, 1.165) is 9.80 Å². The van der Waals surface area contributed by atoms with Gasteiger partial charge < -0.3 is 147 Å². The number of likely N-dealkylation sites (tertiary alicyclic amines) is 2. The molecule has 0 aliphatic carbocycles. The Hall–Kier alpha value is -13.8. The van der Waals surface area contributed by atoms with Gasteiger partial charge in [-0.3, -0.25) is 97.2 Å². The second-order valence-corrected chi connectivity index (χ2v) is 32.9. The van der Waals surface area contributed by atoms with Crippen molar-refractivity contribution in [3.05, 3.63) is 90.1 Å². The summed E-state index contributed by atoms with van der Waals surface area (Å²) < 4.78 is 10.5. The molecule has 49 heteroatoms. The first-order chi connectivity index (χ1) is 65.1. The number of fused-ring (bicyclic) bond motifs is 1. The number of para-hydroxylation sites is 1. The molecule has 0 unspecified atom stereocenters. The summed E-state index contributed by atoms with van der Waals surface area (Å²) in [5.41, 5.74) is 24.3. The topological polar surface area (TPSA) is 761 Å². The van der Waals surface area contributed by atoms with Gasteiger partial charge in [-0.05, 0) is 146 Å². The summed E-state index contributed by atoms with van der Waals surface area (Å²) in [6, 6.07) is -2.46. The van der Waals surface area contributed by atoms with E-state index in [1.54, 1.807) is 67.8 Å². The fourth-order valence-corrected chi connectivity index (χ4v) is 15.5. The Balaban J connectivity index is 1.24. The molecule has 29 N–H and O–H groups in total. The molecule has 2 saturated heterocycles. The van der Waals surface area contributed by atoms with Gasteiger partial charge in [0.05, 0.1) is 44.9 Å². The van der Waals surface area contributed by atoms with E-state index in [2.05, 4.69) is 89.4 Å². The van der Waals surface area contributed by atoms with E-state index in [9.17, 15) is 77.6 Å². The number of aldehydes is 1. The SMILES string of the molecule is CNCCC[C@H](NC(C)=O)C(=O)N[C@@H](Cc1c[nH]cn1)C(=O)N[C@H](Cc1ccccc1)C(=O)N[C@@H](CCCNC(=N)N)C(=O)N[C@@H](Cc1c[nH]c2ccccc12)C(=O)N[C@@H](CC=O)C(=O)N1CCC[C@H]1C(=O)N1CCC[C@H]1C(=O)N[C@@H](CCCNC(=N)N)C(=O)N[C@@H](CCC(=O)O)C(=O)N[C@@H](CCCCN(CC(=O)O)CC(=O)O)C(=O)N[C@@H](CCCCNC(=O)COCCOCCN)C(N)=O. The van der Waals surface area contributed by atoms with E-state index in [1.165, 1.54) is 24.3 Å². The molecule has 2 aliphatic rings. The van der Waals surface area contributed by atoms with Crippen molar-refractivity contribution in [2.24, 2.45) is 22.9 Å². The van der Waals surface area contributed by atoms with Gasteiger partial charge in [-0.15, -0.1) is 0 Å². The number of hydrogen-bond donors (Lipinski definition) is 25. The zero-order chi connectivity index (χ0) is 99.6. The number of nitrogens with zero attached hydrogens (tertiary/aromatic N) is 4. The highest BCUT2D eigenvalue weighted by Gasteiger charge is 2.46. The number of carbonyl (C=O) groups excluding carboxylic acids is 15. The number of guanidine groups is 2. The third-order valence-electron chi connectivity index (χ3n) is 22.3. The molecule has 0 saturated carbocycles. The molecule has 136 heavy (non-hydrogen) atoms. The Morgan fingerprint density at radius 1 is 0.522 bits per heavy atom. The molecule has 4 heterocycles. The van der Waals surface area contributed by atoms with Crippen LogP contribution in [0.2, 0.25) is 0 Å². The standard InChI is InChI=1S/C87H132N26O23/c1-52(115)101-59(23-12-32-94-2)75(124)110-67(45-55-47-95-51-100-55)82(131)108-65(43-53-17-4-3-5-18-53)80(129)104-61(24-13-34-97-86(90)91)78(127)109-66(44-54-46-99-57-20-7-6-19-56(54)57)81(130)107-64(30-39-114)84(133)113-38-16-27-69(113)85(134)112-37-15-26-68(112)83(132)106-62(25-14-35-98-87(92)93)77(126)105-63(28-29-71(117)118)79(128)103-60(22-9-11-36-111(48-72(119)120)49-73(121)122)76(125)102-58(74(89)123)21-8-10-33-96-70(116)50-136-42-41-135-40-31-88/h3-7,17-20,39,46-47,51,58-69,94,99H,8-16,21-38,40-45,48-50,88H2,1-2H3,(H2,89,123)(H,95,100)(H,96,116)(H,101,115)(H,102,125)(H,103,128)(H,104,129)(H,105,126)(H,106,132)(H,107,130)(H,108,131)(H,109,127)(H,110,124)(H,117,118)(H,119,120)(H,121,122)(H4,90,91,97)(H4,92,93,98)/t58-,59-,60-,61-,62-,63-,64-,65+,66-,67-,68-,69-/m0/s1. The summed E-state index contributed by atoms with van der Waals surface area (Å²) in [6.45, 7) is 0.869. The molecule has 14 amide bonds. The number of carboxylic acids is 3. The number of nitrogens with one attached hydrogen (secondary N) is 18. The summed E-state index contributed by atoms with van der Waals surface area (Å²) in [4.78, 5) is 263. The number of amides is 14. The molecule has 0 spiro atoms. The van der Waals surface area contributed by atoms with Crippen molar-refractivity contribution in [3.8, 4) is 0 Å². The Kier molecular flexibility index (Phi) is 48.7. The number of aromatic nitrogens is 3. The van der Waals surface area contributed by atoms with E-state index in [-0.39, 0.29) is 175 Å². The lowest BCUT2D eigenvalue weighted by Gasteiger charge is -2.33. The van der Waals surface area contributed by atoms with Crippen molar-refractivity contribution in [1.82, 2.24) is 104 Å². The predicted octanol–water partition coefficient (Wildman–Crippen LogP) is -5.85. The zero-order valence-corrected chi connectivity index (χ0v) is 76.5. The molecular weight excluding hydrogens is 1780 g/mol. The normalized spacial score (nSPS) is 15.6. The van der Waals surface area contributed by atoms with Crippen LogP contribution in [0.5, 0.6) is 0 Å². The Morgan fingerprint density at radius 3 is 1.56 bits per heavy atom. The summed E-state index contributed by atoms with van der Waals surface area (Å²) >= 11 is 0. The summed E-state index contributed by atoms with van der Waals surface area (Å²) in [5, 5.41) is 82.4. The predicted molar refractivity (Wildman–Crippen MR) is 490 cm³/mol. The number of aliphatic carboxylic acids is 3. The van der Waals surface area contributed by atoms with Crippen molar-refractivity contribution in [2.75, 3.05) is 98.9 Å². The number of rotatable bonds is 66. The number of ether oxygens (including phenoxy) is 2. The molecule has 2 aromatic heterocycles. The lowest BCUT2D eigenvalue weighted by atomic mass is 10.0. The van der Waals surface area contributed by atoms with Gasteiger partial charge in [-0.2, -0.15) is 0 Å². The molecule has 6 rings (SSSR count). The molecule has 2 fully saturated rings. The van der Waals surface area contributed by atoms with Gasteiger partial charge in [0.2, 0.25) is 82.7 Å². The third-order valence-corrected chi connectivity index (χ3v) is 22.3. The van der Waals surface area contributed by atoms with Crippen LogP contribution in [-0.4, -0.2) is 335 Å². The first kappa shape index (κ1) is 111. The zero-order valence-electron chi connectivity index (χ0n) is 76.5. The van der Waals surface area contributed by atoms with Gasteiger partial charge in [0.15, 0.2) is 11.9 Å². The highest BCUT2D eigenvalue weighted by Crippen LogP contribution is 2.28. The van der Waals surface area contributed by atoms with Gasteiger partial charge in [-0.25, -0.2) is 4.98 Å². The van der Waals surface area contributed by atoms with Crippen LogP contribution >= 0.6 is 0 Å². The van der Waals surface area contributed by atoms with Crippen LogP contribution in [0.15, 0.2) is 73.3 Å². The first-order valence-electron chi connectivity index (χ1n) is 45.3. The number of carbonyl (C=O) groups is 18. The molecule has 748 valence electrons. The van der Waals surface area contributed by atoms with Crippen molar-refractivity contribution < 1.29 is 111 Å². The Labute approximate surface area is 785 Å². The number of aromatic amines is 2. The summed E-state index contributed by atoms with van der Waals surface area (Å²) in [6.07, 6.45) is 2.84. The van der Waals surface area contributed by atoms with Gasteiger partial charge >= 0.3 is 17.9 Å². The number of nitrogens with two attached hydrogens (primary N) is 4.